The molecule has 2 atom stereocenters. The Bertz CT molecular complexity index is 521. The summed E-state index contributed by atoms with van der Waals surface area (Å²) >= 11 is 0. The lowest BCUT2D eigenvalue weighted by atomic mass is 9.94. The first-order valence-electron chi connectivity index (χ1n) is 7.99. The lowest BCUT2D eigenvalue weighted by molar-refractivity contribution is -0.136. The van der Waals surface area contributed by atoms with Crippen LogP contribution in [-0.4, -0.2) is 41.2 Å². The van der Waals surface area contributed by atoms with E-state index in [1.165, 1.54) is 0 Å². The van der Waals surface area contributed by atoms with Crippen LogP contribution >= 0.6 is 0 Å². The maximum absolute atomic E-state index is 12.7. The van der Waals surface area contributed by atoms with E-state index in [0.29, 0.717) is 6.42 Å². The monoisotopic (exact) mass is 305 g/mol. The fourth-order valence-electron chi connectivity index (χ4n) is 3.36. The predicted molar refractivity (Wildman–Crippen MR) is 87.1 cm³/mol. The molecule has 1 N–H and O–H groups in total. The van der Waals surface area contributed by atoms with Gasteiger partial charge < -0.3 is 14.7 Å². The number of benzene rings is 1. The molecule has 1 aromatic rings. The molecule has 0 bridgehead atoms. The molecule has 1 aromatic carbocycles. The molecule has 1 saturated heterocycles. The van der Waals surface area contributed by atoms with E-state index in [0.717, 1.165) is 30.7 Å². The Morgan fingerprint density at radius 2 is 2.14 bits per heavy atom. The zero-order valence-corrected chi connectivity index (χ0v) is 14.0. The van der Waals surface area contributed by atoms with Crippen molar-refractivity contribution in [1.82, 2.24) is 4.90 Å². The van der Waals surface area contributed by atoms with Gasteiger partial charge in [0.25, 0.3) is 0 Å². The van der Waals surface area contributed by atoms with Crippen LogP contribution in [0.1, 0.15) is 51.5 Å². The number of ether oxygens (including phenoxy) is 1. The summed E-state index contributed by atoms with van der Waals surface area (Å²) in [4.78, 5) is 14.5. The quantitative estimate of drug-likeness (QED) is 0.910. The molecular formula is C18H27NO3. The lowest BCUT2D eigenvalue weighted by Gasteiger charge is -2.34. The molecule has 2 rings (SSSR count). The largest absolute Gasteiger partial charge is 0.496 e. The van der Waals surface area contributed by atoms with Gasteiger partial charge >= 0.3 is 0 Å². The summed E-state index contributed by atoms with van der Waals surface area (Å²) in [5.74, 6) is 1.03. The van der Waals surface area contributed by atoms with Crippen LogP contribution in [0.3, 0.4) is 0 Å². The molecule has 1 aliphatic heterocycles. The number of aliphatic hydroxyl groups is 1. The highest BCUT2D eigenvalue weighted by atomic mass is 16.5. The van der Waals surface area contributed by atoms with Crippen molar-refractivity contribution in [3.8, 4) is 5.75 Å². The van der Waals surface area contributed by atoms with Crippen LogP contribution in [0, 0.1) is 0 Å². The third-order valence-electron chi connectivity index (χ3n) is 4.54. The highest BCUT2D eigenvalue weighted by molar-refractivity contribution is 5.78. The number of hydrogen-bond donors (Lipinski definition) is 1. The maximum Gasteiger partial charge on any atom is 0.223 e. The summed E-state index contributed by atoms with van der Waals surface area (Å²) in [5, 5.41) is 10.3. The second kappa shape index (κ2) is 6.69. The Balaban J connectivity index is 2.08. The van der Waals surface area contributed by atoms with E-state index in [1.54, 1.807) is 21.0 Å². The number of hydrogen-bond acceptors (Lipinski definition) is 3. The smallest absolute Gasteiger partial charge is 0.223 e. The Hall–Kier alpha value is -1.55. The van der Waals surface area contributed by atoms with Crippen LogP contribution in [0.5, 0.6) is 5.75 Å². The number of rotatable bonds is 5. The standard InChI is InChI=1S/C18H27NO3/c1-13(14-8-5-6-9-15(14)22-4)12-17(20)19-11-7-10-16(19)18(2,3)21/h5-6,8-9,13,16,21H,7,10-12H2,1-4H3. The number of methoxy groups -OCH3 is 1. The highest BCUT2D eigenvalue weighted by Crippen LogP contribution is 2.32. The Kier molecular flexibility index (Phi) is 5.12. The molecule has 0 aromatic heterocycles. The SMILES string of the molecule is COc1ccccc1C(C)CC(=O)N1CCCC1C(C)(C)O. The molecule has 0 radical (unpaired) electrons. The third kappa shape index (κ3) is 3.61. The van der Waals surface area contributed by atoms with Crippen molar-refractivity contribution in [3.63, 3.8) is 0 Å². The van der Waals surface area contributed by atoms with Crippen molar-refractivity contribution in [2.24, 2.45) is 0 Å². The first-order valence-corrected chi connectivity index (χ1v) is 7.99. The van der Waals surface area contributed by atoms with E-state index in [2.05, 4.69) is 0 Å². The van der Waals surface area contributed by atoms with Gasteiger partial charge in [0.2, 0.25) is 5.91 Å². The van der Waals surface area contributed by atoms with Crippen molar-refractivity contribution in [1.29, 1.82) is 0 Å². The normalized spacial score (nSPS) is 20.0. The molecule has 122 valence electrons. The molecule has 0 saturated carbocycles. The average Bonchev–Trinajstić information content (AvgIpc) is 2.96. The molecule has 4 heteroatoms. The predicted octanol–water partition coefficient (Wildman–Crippen LogP) is 2.95. The van der Waals surface area contributed by atoms with Crippen LogP contribution in [0.25, 0.3) is 0 Å². The number of amides is 1. The second-order valence-electron chi connectivity index (χ2n) is 6.75. The van der Waals surface area contributed by atoms with Crippen molar-refractivity contribution >= 4 is 5.91 Å². The number of nitrogens with zero attached hydrogens (tertiary/aromatic N) is 1. The van der Waals surface area contributed by atoms with E-state index in [4.69, 9.17) is 4.74 Å². The maximum atomic E-state index is 12.7. The topological polar surface area (TPSA) is 49.8 Å². The van der Waals surface area contributed by atoms with Gasteiger partial charge in [-0.1, -0.05) is 25.1 Å². The van der Waals surface area contributed by atoms with Crippen LogP contribution in [0.2, 0.25) is 0 Å². The summed E-state index contributed by atoms with van der Waals surface area (Å²) in [6.45, 7) is 6.36. The fourth-order valence-corrected chi connectivity index (χ4v) is 3.36. The molecule has 1 amide bonds. The van der Waals surface area contributed by atoms with Gasteiger partial charge in [-0.05, 0) is 44.2 Å². The number of carbonyl (C=O) groups is 1. The van der Waals surface area contributed by atoms with Gasteiger partial charge in [-0.15, -0.1) is 0 Å². The second-order valence-corrected chi connectivity index (χ2v) is 6.75. The molecule has 2 unspecified atom stereocenters. The Morgan fingerprint density at radius 3 is 2.77 bits per heavy atom. The molecule has 1 fully saturated rings. The summed E-state index contributed by atoms with van der Waals surface area (Å²) in [6.07, 6.45) is 2.27. The summed E-state index contributed by atoms with van der Waals surface area (Å²) < 4.78 is 5.38. The van der Waals surface area contributed by atoms with Gasteiger partial charge in [0.05, 0.1) is 18.8 Å². The molecule has 1 aliphatic rings. The minimum absolute atomic E-state index is 0.0788. The van der Waals surface area contributed by atoms with Crippen molar-refractivity contribution in [2.75, 3.05) is 13.7 Å². The van der Waals surface area contributed by atoms with Gasteiger partial charge in [0.1, 0.15) is 5.75 Å². The lowest BCUT2D eigenvalue weighted by Crippen LogP contribution is -2.48. The third-order valence-corrected chi connectivity index (χ3v) is 4.54. The number of carbonyl (C=O) groups excluding carboxylic acids is 1. The molecule has 0 spiro atoms. The van der Waals surface area contributed by atoms with Crippen LogP contribution in [0.4, 0.5) is 0 Å². The van der Waals surface area contributed by atoms with Crippen molar-refractivity contribution in [2.45, 2.75) is 57.6 Å². The van der Waals surface area contributed by atoms with Crippen LogP contribution in [-0.2, 0) is 4.79 Å². The van der Waals surface area contributed by atoms with Crippen molar-refractivity contribution < 1.29 is 14.6 Å². The van der Waals surface area contributed by atoms with E-state index in [1.807, 2.05) is 36.1 Å². The number of para-hydroxylation sites is 1. The summed E-state index contributed by atoms with van der Waals surface area (Å²) in [7, 11) is 1.65. The van der Waals surface area contributed by atoms with E-state index in [-0.39, 0.29) is 17.9 Å². The molecule has 22 heavy (non-hydrogen) atoms. The minimum Gasteiger partial charge on any atom is -0.496 e. The van der Waals surface area contributed by atoms with Crippen molar-refractivity contribution in [3.05, 3.63) is 29.8 Å². The highest BCUT2D eigenvalue weighted by Gasteiger charge is 2.38. The molecule has 1 heterocycles. The Morgan fingerprint density at radius 1 is 1.45 bits per heavy atom. The van der Waals surface area contributed by atoms with Gasteiger partial charge in [-0.2, -0.15) is 0 Å². The number of likely N-dealkylation sites (tertiary alicyclic amines) is 1. The van der Waals surface area contributed by atoms with E-state index < -0.39 is 5.60 Å². The first kappa shape index (κ1) is 16.8. The minimum atomic E-state index is -0.847. The van der Waals surface area contributed by atoms with Gasteiger partial charge in [-0.3, -0.25) is 4.79 Å². The van der Waals surface area contributed by atoms with Crippen LogP contribution < -0.4 is 4.74 Å². The van der Waals surface area contributed by atoms with Gasteiger partial charge in [-0.25, -0.2) is 0 Å². The zero-order valence-electron chi connectivity index (χ0n) is 14.0. The average molecular weight is 305 g/mol. The van der Waals surface area contributed by atoms with Gasteiger partial charge in [0, 0.05) is 13.0 Å². The zero-order chi connectivity index (χ0) is 16.3. The fraction of sp³-hybridized carbons (Fsp3) is 0.611. The summed E-state index contributed by atoms with van der Waals surface area (Å²) in [6, 6.07) is 7.75. The summed E-state index contributed by atoms with van der Waals surface area (Å²) in [5.41, 5.74) is 0.206. The van der Waals surface area contributed by atoms with E-state index >= 15 is 0 Å². The first-order chi connectivity index (χ1) is 10.3. The van der Waals surface area contributed by atoms with Gasteiger partial charge in [0.15, 0.2) is 0 Å². The van der Waals surface area contributed by atoms with E-state index in [9.17, 15) is 9.90 Å². The molecular weight excluding hydrogens is 278 g/mol. The van der Waals surface area contributed by atoms with Crippen LogP contribution in [0.15, 0.2) is 24.3 Å². The molecule has 0 aliphatic carbocycles. The Labute approximate surface area is 133 Å². The molecule has 4 nitrogen and oxygen atoms in total.